The normalized spacial score (nSPS) is 19.4. The van der Waals surface area contributed by atoms with Crippen LogP contribution in [0.4, 0.5) is 0 Å². The van der Waals surface area contributed by atoms with Gasteiger partial charge in [0.05, 0.1) is 0 Å². The fourth-order valence-electron chi connectivity index (χ4n) is 3.31. The molecular formula is C17H27N. The third-order valence-corrected chi connectivity index (χ3v) is 4.38. The van der Waals surface area contributed by atoms with Crippen LogP contribution in [0.25, 0.3) is 0 Å². The number of likely N-dealkylation sites (N-methyl/N-ethyl adjacent to an activating group) is 1. The van der Waals surface area contributed by atoms with Gasteiger partial charge in [0.25, 0.3) is 0 Å². The van der Waals surface area contributed by atoms with Crippen LogP contribution in [0, 0.1) is 12.8 Å². The van der Waals surface area contributed by atoms with Crippen molar-refractivity contribution in [2.45, 2.75) is 57.9 Å². The Morgan fingerprint density at radius 2 is 1.89 bits per heavy atom. The highest BCUT2D eigenvalue weighted by atomic mass is 14.9. The SMILES string of the molecule is CNC(Cc1cccc(C)c1)C1CCCCCC1. The smallest absolute Gasteiger partial charge is 0.0133 e. The molecule has 1 heteroatoms. The number of rotatable bonds is 4. The van der Waals surface area contributed by atoms with Gasteiger partial charge < -0.3 is 5.32 Å². The van der Waals surface area contributed by atoms with Crippen LogP contribution in [-0.2, 0) is 6.42 Å². The molecule has 0 spiro atoms. The van der Waals surface area contributed by atoms with Crippen molar-refractivity contribution in [2.75, 3.05) is 7.05 Å². The Bertz CT molecular complexity index is 350. The zero-order valence-electron chi connectivity index (χ0n) is 11.9. The summed E-state index contributed by atoms with van der Waals surface area (Å²) in [5, 5.41) is 3.57. The number of nitrogens with one attached hydrogen (secondary N) is 1. The Labute approximate surface area is 112 Å². The van der Waals surface area contributed by atoms with Gasteiger partial charge in [-0.05, 0) is 44.7 Å². The number of hydrogen-bond acceptors (Lipinski definition) is 1. The topological polar surface area (TPSA) is 12.0 Å². The van der Waals surface area contributed by atoms with E-state index in [0.717, 1.165) is 5.92 Å². The summed E-state index contributed by atoms with van der Waals surface area (Å²) in [6.07, 6.45) is 9.75. The van der Waals surface area contributed by atoms with Crippen molar-refractivity contribution in [3.63, 3.8) is 0 Å². The van der Waals surface area contributed by atoms with Gasteiger partial charge in [0.2, 0.25) is 0 Å². The highest BCUT2D eigenvalue weighted by Gasteiger charge is 2.21. The summed E-state index contributed by atoms with van der Waals surface area (Å²) in [7, 11) is 2.13. The molecule has 1 unspecified atom stereocenters. The molecule has 1 aliphatic carbocycles. The van der Waals surface area contributed by atoms with Crippen molar-refractivity contribution in [3.05, 3.63) is 35.4 Å². The van der Waals surface area contributed by atoms with Gasteiger partial charge in [-0.25, -0.2) is 0 Å². The first-order valence-corrected chi connectivity index (χ1v) is 7.52. The monoisotopic (exact) mass is 245 g/mol. The molecular weight excluding hydrogens is 218 g/mol. The predicted octanol–water partition coefficient (Wildman–Crippen LogP) is 4.10. The molecule has 1 aromatic carbocycles. The molecule has 0 bridgehead atoms. The molecule has 0 amide bonds. The molecule has 2 rings (SSSR count). The van der Waals surface area contributed by atoms with E-state index in [9.17, 15) is 0 Å². The first-order valence-electron chi connectivity index (χ1n) is 7.52. The van der Waals surface area contributed by atoms with E-state index in [2.05, 4.69) is 43.6 Å². The fourth-order valence-corrected chi connectivity index (χ4v) is 3.31. The second kappa shape index (κ2) is 6.94. The van der Waals surface area contributed by atoms with E-state index in [1.807, 2.05) is 0 Å². The molecule has 1 aromatic rings. The lowest BCUT2D eigenvalue weighted by atomic mass is 9.87. The Hall–Kier alpha value is -0.820. The summed E-state index contributed by atoms with van der Waals surface area (Å²) >= 11 is 0. The van der Waals surface area contributed by atoms with Crippen LogP contribution in [0.1, 0.15) is 49.7 Å². The summed E-state index contributed by atoms with van der Waals surface area (Å²) < 4.78 is 0. The second-order valence-electron chi connectivity index (χ2n) is 5.84. The molecule has 1 N–H and O–H groups in total. The second-order valence-corrected chi connectivity index (χ2v) is 5.84. The van der Waals surface area contributed by atoms with Gasteiger partial charge in [-0.15, -0.1) is 0 Å². The van der Waals surface area contributed by atoms with E-state index < -0.39 is 0 Å². The Morgan fingerprint density at radius 3 is 2.50 bits per heavy atom. The van der Waals surface area contributed by atoms with Crippen LogP contribution < -0.4 is 5.32 Å². The van der Waals surface area contributed by atoms with Crippen molar-refractivity contribution in [1.29, 1.82) is 0 Å². The molecule has 1 atom stereocenters. The van der Waals surface area contributed by atoms with Gasteiger partial charge in [0.1, 0.15) is 0 Å². The molecule has 100 valence electrons. The molecule has 1 fully saturated rings. The Morgan fingerprint density at radius 1 is 1.17 bits per heavy atom. The lowest BCUT2D eigenvalue weighted by molar-refractivity contribution is 0.332. The molecule has 0 aromatic heterocycles. The van der Waals surface area contributed by atoms with Crippen molar-refractivity contribution < 1.29 is 0 Å². The fraction of sp³-hybridized carbons (Fsp3) is 0.647. The van der Waals surface area contributed by atoms with Crippen LogP contribution in [0.5, 0.6) is 0 Å². The van der Waals surface area contributed by atoms with Crippen molar-refractivity contribution in [2.24, 2.45) is 5.92 Å². The van der Waals surface area contributed by atoms with Crippen molar-refractivity contribution >= 4 is 0 Å². The maximum absolute atomic E-state index is 3.57. The highest BCUT2D eigenvalue weighted by molar-refractivity contribution is 5.23. The van der Waals surface area contributed by atoms with Crippen LogP contribution in [-0.4, -0.2) is 13.1 Å². The lowest BCUT2D eigenvalue weighted by Gasteiger charge is -2.26. The maximum atomic E-state index is 3.57. The van der Waals surface area contributed by atoms with E-state index in [4.69, 9.17) is 0 Å². The summed E-state index contributed by atoms with van der Waals surface area (Å²) in [5.41, 5.74) is 2.86. The molecule has 0 aliphatic heterocycles. The van der Waals surface area contributed by atoms with E-state index in [1.54, 1.807) is 0 Å². The zero-order chi connectivity index (χ0) is 12.8. The third-order valence-electron chi connectivity index (χ3n) is 4.38. The summed E-state index contributed by atoms with van der Waals surface area (Å²) in [6.45, 7) is 2.18. The van der Waals surface area contributed by atoms with Gasteiger partial charge in [-0.1, -0.05) is 55.5 Å². The van der Waals surface area contributed by atoms with Gasteiger partial charge >= 0.3 is 0 Å². The lowest BCUT2D eigenvalue weighted by Crippen LogP contribution is -2.35. The van der Waals surface area contributed by atoms with Crippen LogP contribution in [0.2, 0.25) is 0 Å². The predicted molar refractivity (Wildman–Crippen MR) is 78.9 cm³/mol. The molecule has 18 heavy (non-hydrogen) atoms. The molecule has 0 saturated heterocycles. The first kappa shape index (κ1) is 13.6. The van der Waals surface area contributed by atoms with E-state index in [-0.39, 0.29) is 0 Å². The van der Waals surface area contributed by atoms with Crippen LogP contribution in [0.15, 0.2) is 24.3 Å². The summed E-state index contributed by atoms with van der Waals surface area (Å²) in [4.78, 5) is 0. The number of aryl methyl sites for hydroxylation is 1. The third kappa shape index (κ3) is 3.84. The van der Waals surface area contributed by atoms with Crippen LogP contribution in [0.3, 0.4) is 0 Å². The average molecular weight is 245 g/mol. The largest absolute Gasteiger partial charge is 0.316 e. The van der Waals surface area contributed by atoms with Crippen LogP contribution >= 0.6 is 0 Å². The maximum Gasteiger partial charge on any atom is 0.0133 e. The first-order chi connectivity index (χ1) is 8.79. The minimum absolute atomic E-state index is 0.657. The molecule has 1 saturated carbocycles. The van der Waals surface area contributed by atoms with Crippen molar-refractivity contribution in [3.8, 4) is 0 Å². The Balaban J connectivity index is 1.99. The van der Waals surface area contributed by atoms with E-state index in [1.165, 1.54) is 56.1 Å². The molecule has 1 aliphatic rings. The molecule has 0 radical (unpaired) electrons. The number of hydrogen-bond donors (Lipinski definition) is 1. The summed E-state index contributed by atoms with van der Waals surface area (Å²) in [6, 6.07) is 9.63. The standard InChI is InChI=1S/C17H27N/c1-14-8-7-9-15(12-14)13-17(18-2)16-10-5-3-4-6-11-16/h7-9,12,16-18H,3-6,10-11,13H2,1-2H3. The van der Waals surface area contributed by atoms with Gasteiger partial charge in [-0.2, -0.15) is 0 Å². The minimum Gasteiger partial charge on any atom is -0.316 e. The minimum atomic E-state index is 0.657. The molecule has 0 heterocycles. The quantitative estimate of drug-likeness (QED) is 0.788. The summed E-state index contributed by atoms with van der Waals surface area (Å²) in [5.74, 6) is 0.873. The van der Waals surface area contributed by atoms with Gasteiger partial charge in [0, 0.05) is 6.04 Å². The number of benzene rings is 1. The van der Waals surface area contributed by atoms with Gasteiger partial charge in [-0.3, -0.25) is 0 Å². The zero-order valence-corrected chi connectivity index (χ0v) is 11.9. The highest BCUT2D eigenvalue weighted by Crippen LogP contribution is 2.27. The molecule has 1 nitrogen and oxygen atoms in total. The van der Waals surface area contributed by atoms with E-state index >= 15 is 0 Å². The average Bonchev–Trinajstić information content (AvgIpc) is 2.65. The Kier molecular flexibility index (Phi) is 5.25. The van der Waals surface area contributed by atoms with Gasteiger partial charge in [0.15, 0.2) is 0 Å². The van der Waals surface area contributed by atoms with Crippen molar-refractivity contribution in [1.82, 2.24) is 5.32 Å². The van der Waals surface area contributed by atoms with E-state index in [0.29, 0.717) is 6.04 Å².